The van der Waals surface area contributed by atoms with Gasteiger partial charge in [-0.15, -0.1) is 0 Å². The molecule has 5 heteroatoms. The van der Waals surface area contributed by atoms with Crippen LogP contribution in [-0.2, 0) is 4.79 Å². The van der Waals surface area contributed by atoms with Crippen LogP contribution in [0.2, 0.25) is 0 Å². The number of nitrogens with one attached hydrogen (secondary N) is 2. The van der Waals surface area contributed by atoms with Gasteiger partial charge in [0.05, 0.1) is 5.60 Å². The van der Waals surface area contributed by atoms with Crippen molar-refractivity contribution in [1.29, 1.82) is 0 Å². The van der Waals surface area contributed by atoms with Gasteiger partial charge < -0.3 is 15.7 Å². The first kappa shape index (κ1) is 21.4. The monoisotopic (exact) mass is 412 g/mol. The molecular formula is C25H36N2O3. The smallest absolute Gasteiger partial charge is 0.251 e. The maximum Gasteiger partial charge on any atom is 0.251 e. The lowest BCUT2D eigenvalue weighted by Gasteiger charge is -2.50. The number of hydrogen-bond donors (Lipinski definition) is 3. The summed E-state index contributed by atoms with van der Waals surface area (Å²) < 4.78 is 0. The molecule has 3 aliphatic carbocycles. The summed E-state index contributed by atoms with van der Waals surface area (Å²) in [7, 11) is 0. The van der Waals surface area contributed by atoms with Crippen molar-refractivity contribution in [3.8, 4) is 0 Å². The van der Waals surface area contributed by atoms with Crippen LogP contribution >= 0.6 is 0 Å². The zero-order valence-corrected chi connectivity index (χ0v) is 18.5. The normalized spacial score (nSPS) is 34.8. The average molecular weight is 413 g/mol. The van der Waals surface area contributed by atoms with Crippen molar-refractivity contribution >= 4 is 11.8 Å². The third kappa shape index (κ3) is 4.27. The van der Waals surface area contributed by atoms with Crippen LogP contribution < -0.4 is 10.6 Å². The Hall–Kier alpha value is -1.88. The second-order valence-corrected chi connectivity index (χ2v) is 10.9. The predicted octanol–water partition coefficient (Wildman–Crippen LogP) is 3.81. The molecule has 0 aromatic heterocycles. The molecule has 0 radical (unpaired) electrons. The van der Waals surface area contributed by atoms with Gasteiger partial charge in [0.25, 0.3) is 5.91 Å². The highest BCUT2D eigenvalue weighted by Crippen LogP contribution is 2.63. The van der Waals surface area contributed by atoms with Gasteiger partial charge in [-0.3, -0.25) is 9.59 Å². The van der Waals surface area contributed by atoms with E-state index in [1.54, 1.807) is 0 Å². The minimum atomic E-state index is -0.681. The zero-order valence-electron chi connectivity index (χ0n) is 18.5. The molecular weight excluding hydrogens is 376 g/mol. The summed E-state index contributed by atoms with van der Waals surface area (Å²) in [6.07, 6.45) is 6.57. The number of aliphatic hydroxyl groups is 1. The van der Waals surface area contributed by atoms with Crippen LogP contribution in [0.1, 0.15) is 82.5 Å². The molecule has 0 unspecified atom stereocenters. The molecule has 30 heavy (non-hydrogen) atoms. The number of hydrogen-bond acceptors (Lipinski definition) is 3. The quantitative estimate of drug-likeness (QED) is 0.665. The molecule has 0 heterocycles. The number of fused-ring (bicyclic) bond motifs is 1. The van der Waals surface area contributed by atoms with Crippen molar-refractivity contribution in [3.63, 3.8) is 0 Å². The van der Waals surface area contributed by atoms with Crippen molar-refractivity contribution in [3.05, 3.63) is 35.9 Å². The van der Waals surface area contributed by atoms with E-state index in [0.29, 0.717) is 24.4 Å². The molecule has 3 fully saturated rings. The lowest BCUT2D eigenvalue weighted by Crippen LogP contribution is -2.52. The van der Waals surface area contributed by atoms with E-state index >= 15 is 0 Å². The largest absolute Gasteiger partial charge is 0.390 e. The Kier molecular flexibility index (Phi) is 5.46. The Bertz CT molecular complexity index is 800. The number of carbonyl (C=O) groups is 2. The fourth-order valence-corrected chi connectivity index (χ4v) is 6.14. The minimum absolute atomic E-state index is 0.00792. The Morgan fingerprint density at radius 1 is 1.03 bits per heavy atom. The van der Waals surface area contributed by atoms with Crippen LogP contribution in [0, 0.1) is 16.7 Å². The first-order valence-corrected chi connectivity index (χ1v) is 11.5. The molecule has 0 saturated heterocycles. The average Bonchev–Trinajstić information content (AvgIpc) is 3.47. The summed E-state index contributed by atoms with van der Waals surface area (Å²) >= 11 is 0. The fraction of sp³-hybridized carbons (Fsp3) is 0.680. The summed E-state index contributed by atoms with van der Waals surface area (Å²) in [5.41, 5.74) is -0.175. The van der Waals surface area contributed by atoms with Crippen molar-refractivity contribution in [1.82, 2.24) is 10.6 Å². The highest BCUT2D eigenvalue weighted by Gasteiger charge is 2.61. The Morgan fingerprint density at radius 2 is 1.73 bits per heavy atom. The van der Waals surface area contributed by atoms with Crippen molar-refractivity contribution in [2.45, 2.75) is 89.8 Å². The summed E-state index contributed by atoms with van der Waals surface area (Å²) in [5, 5.41) is 17.3. The lowest BCUT2D eigenvalue weighted by atomic mass is 9.57. The molecule has 4 rings (SSSR count). The van der Waals surface area contributed by atoms with Gasteiger partial charge in [0.15, 0.2) is 0 Å². The van der Waals surface area contributed by atoms with Gasteiger partial charge in [-0.1, -0.05) is 32.0 Å². The first-order chi connectivity index (χ1) is 14.1. The second kappa shape index (κ2) is 7.67. The summed E-state index contributed by atoms with van der Waals surface area (Å²) in [5.74, 6) is 0.348. The highest BCUT2D eigenvalue weighted by atomic mass is 16.3. The molecule has 5 nitrogen and oxygen atoms in total. The third-order valence-electron chi connectivity index (χ3n) is 7.94. The molecule has 1 aromatic carbocycles. The molecule has 1 aromatic rings. The van der Waals surface area contributed by atoms with Crippen molar-refractivity contribution in [2.75, 3.05) is 0 Å². The van der Waals surface area contributed by atoms with Crippen LogP contribution in [0.25, 0.3) is 0 Å². The maximum atomic E-state index is 13.0. The Morgan fingerprint density at radius 3 is 2.40 bits per heavy atom. The number of rotatable bonds is 6. The predicted molar refractivity (Wildman–Crippen MR) is 117 cm³/mol. The molecule has 164 valence electrons. The third-order valence-corrected chi connectivity index (χ3v) is 7.94. The van der Waals surface area contributed by atoms with Crippen molar-refractivity contribution < 1.29 is 14.7 Å². The van der Waals surface area contributed by atoms with E-state index in [1.807, 2.05) is 37.3 Å². The molecule has 0 spiro atoms. The van der Waals surface area contributed by atoms with E-state index < -0.39 is 5.60 Å². The van der Waals surface area contributed by atoms with Gasteiger partial charge in [0.1, 0.15) is 0 Å². The van der Waals surface area contributed by atoms with Gasteiger partial charge in [-0.2, -0.15) is 0 Å². The van der Waals surface area contributed by atoms with E-state index in [9.17, 15) is 14.7 Å². The molecule has 0 bridgehead atoms. The van der Waals surface area contributed by atoms with E-state index in [0.717, 1.165) is 38.5 Å². The fourth-order valence-electron chi connectivity index (χ4n) is 6.14. The van der Waals surface area contributed by atoms with Gasteiger partial charge in [0.2, 0.25) is 5.91 Å². The van der Waals surface area contributed by atoms with Crippen LogP contribution in [-0.4, -0.2) is 34.6 Å². The standard InChI is InChI=1S/C25H36N2O3/c1-23(2)16-20(27-22(29)17-7-5-4-6-8-17)25(12-11-21(28)26-18-9-10-18)14-13-24(3,30)15-19(23)25/h4-8,18-20,30H,9-16H2,1-3H3,(H,26,28)(H,27,29)/t19-,20-,24+,25+/m0/s1. The second-order valence-electron chi connectivity index (χ2n) is 10.9. The van der Waals surface area contributed by atoms with Crippen LogP contribution in [0.15, 0.2) is 30.3 Å². The van der Waals surface area contributed by atoms with Crippen LogP contribution in [0.4, 0.5) is 0 Å². The highest BCUT2D eigenvalue weighted by molar-refractivity contribution is 5.94. The van der Waals surface area contributed by atoms with E-state index in [1.165, 1.54) is 0 Å². The Balaban J connectivity index is 1.58. The topological polar surface area (TPSA) is 78.4 Å². The minimum Gasteiger partial charge on any atom is -0.390 e. The van der Waals surface area contributed by atoms with Crippen LogP contribution in [0.3, 0.4) is 0 Å². The van der Waals surface area contributed by atoms with Gasteiger partial charge in [-0.25, -0.2) is 0 Å². The van der Waals surface area contributed by atoms with Gasteiger partial charge in [-0.05, 0) is 80.8 Å². The lowest BCUT2D eigenvalue weighted by molar-refractivity contribution is -0.123. The van der Waals surface area contributed by atoms with Gasteiger partial charge >= 0.3 is 0 Å². The Labute approximate surface area is 180 Å². The molecule has 3 aliphatic rings. The summed E-state index contributed by atoms with van der Waals surface area (Å²) in [4.78, 5) is 25.5. The number of benzene rings is 1. The van der Waals surface area contributed by atoms with E-state index in [4.69, 9.17) is 0 Å². The molecule has 4 atom stereocenters. The summed E-state index contributed by atoms with van der Waals surface area (Å²) in [6.45, 7) is 6.45. The molecule has 3 saturated carbocycles. The summed E-state index contributed by atoms with van der Waals surface area (Å²) in [6, 6.07) is 9.73. The SMILES string of the molecule is CC1(C)C[C@H](NC(=O)c2ccccc2)[C@]2(CCC(=O)NC3CC3)CC[C@@](C)(O)C[C@@H]12. The number of amides is 2. The molecule has 3 N–H and O–H groups in total. The van der Waals surface area contributed by atoms with Gasteiger partial charge in [0, 0.05) is 24.1 Å². The van der Waals surface area contributed by atoms with E-state index in [2.05, 4.69) is 24.5 Å². The molecule has 2 amide bonds. The maximum absolute atomic E-state index is 13.0. The van der Waals surface area contributed by atoms with Crippen LogP contribution in [0.5, 0.6) is 0 Å². The van der Waals surface area contributed by atoms with Crippen molar-refractivity contribution in [2.24, 2.45) is 16.7 Å². The van der Waals surface area contributed by atoms with E-state index in [-0.39, 0.29) is 34.6 Å². The number of carbonyl (C=O) groups excluding carboxylic acids is 2. The zero-order chi connectivity index (χ0) is 21.6. The molecule has 0 aliphatic heterocycles. The first-order valence-electron chi connectivity index (χ1n) is 11.5.